The number of amides is 2. The molecule has 19 heavy (non-hydrogen) atoms. The van der Waals surface area contributed by atoms with Gasteiger partial charge in [-0.2, -0.15) is 0 Å². The topological polar surface area (TPSA) is 69.6 Å². The number of nitrogens with zero attached hydrogens (tertiary/aromatic N) is 1. The van der Waals surface area contributed by atoms with Crippen LogP contribution in [0.15, 0.2) is 0 Å². The van der Waals surface area contributed by atoms with Gasteiger partial charge in [-0.3, -0.25) is 9.59 Å². The fourth-order valence-corrected chi connectivity index (χ4v) is 2.47. The molecule has 110 valence electrons. The molecular formula is C14H26N2O3. The van der Waals surface area contributed by atoms with Crippen molar-refractivity contribution in [2.24, 2.45) is 5.92 Å². The van der Waals surface area contributed by atoms with Crippen LogP contribution in [0.1, 0.15) is 45.4 Å². The van der Waals surface area contributed by atoms with Gasteiger partial charge in [-0.25, -0.2) is 0 Å². The normalized spacial score (nSPS) is 17.8. The van der Waals surface area contributed by atoms with Gasteiger partial charge < -0.3 is 15.3 Å². The van der Waals surface area contributed by atoms with E-state index in [0.29, 0.717) is 6.54 Å². The van der Waals surface area contributed by atoms with Crippen LogP contribution >= 0.6 is 0 Å². The highest BCUT2D eigenvalue weighted by atomic mass is 16.3. The molecule has 5 heteroatoms. The number of nitrogens with one attached hydrogen (secondary N) is 1. The molecule has 2 N–H and O–H groups in total. The second-order valence-corrected chi connectivity index (χ2v) is 5.49. The molecule has 0 aromatic carbocycles. The van der Waals surface area contributed by atoms with Crippen molar-refractivity contribution in [3.63, 3.8) is 0 Å². The molecule has 0 heterocycles. The molecule has 0 radical (unpaired) electrons. The molecule has 0 aromatic rings. The number of aliphatic hydroxyl groups is 1. The number of hydrogen-bond acceptors (Lipinski definition) is 3. The average Bonchev–Trinajstić information content (AvgIpc) is 2.39. The summed E-state index contributed by atoms with van der Waals surface area (Å²) in [4.78, 5) is 25.3. The van der Waals surface area contributed by atoms with Gasteiger partial charge in [0.2, 0.25) is 11.8 Å². The Hall–Kier alpha value is -1.10. The van der Waals surface area contributed by atoms with Crippen molar-refractivity contribution in [3.05, 3.63) is 0 Å². The highest BCUT2D eigenvalue weighted by Crippen LogP contribution is 2.23. The Morgan fingerprint density at radius 1 is 1.32 bits per heavy atom. The minimum absolute atomic E-state index is 0.0367. The molecule has 2 amide bonds. The van der Waals surface area contributed by atoms with E-state index >= 15 is 0 Å². The summed E-state index contributed by atoms with van der Waals surface area (Å²) in [6.07, 6.45) is 5.71. The fourth-order valence-electron chi connectivity index (χ4n) is 2.47. The van der Waals surface area contributed by atoms with E-state index in [-0.39, 0.29) is 36.8 Å². The molecule has 1 aliphatic carbocycles. The lowest BCUT2D eigenvalue weighted by molar-refractivity contribution is -0.131. The first-order valence-electron chi connectivity index (χ1n) is 7.19. The number of carbonyl (C=O) groups excluding carboxylic acids is 2. The molecule has 1 unspecified atom stereocenters. The van der Waals surface area contributed by atoms with Crippen LogP contribution in [0.4, 0.5) is 0 Å². The minimum atomic E-state index is -0.150. The van der Waals surface area contributed by atoms with Gasteiger partial charge in [0, 0.05) is 32.0 Å². The van der Waals surface area contributed by atoms with Gasteiger partial charge in [-0.05, 0) is 19.8 Å². The molecule has 5 nitrogen and oxygen atoms in total. The van der Waals surface area contributed by atoms with E-state index < -0.39 is 0 Å². The van der Waals surface area contributed by atoms with Gasteiger partial charge in [0.1, 0.15) is 0 Å². The maximum absolute atomic E-state index is 12.0. The highest BCUT2D eigenvalue weighted by molar-refractivity contribution is 5.81. The Labute approximate surface area is 115 Å². The summed E-state index contributed by atoms with van der Waals surface area (Å²) in [5.74, 6) is 0.164. The number of carbonyl (C=O) groups is 2. The summed E-state index contributed by atoms with van der Waals surface area (Å²) < 4.78 is 0. The van der Waals surface area contributed by atoms with Crippen molar-refractivity contribution >= 4 is 11.8 Å². The van der Waals surface area contributed by atoms with E-state index in [1.54, 1.807) is 7.05 Å². The molecule has 0 bridgehead atoms. The van der Waals surface area contributed by atoms with Gasteiger partial charge >= 0.3 is 0 Å². The Kier molecular flexibility index (Phi) is 6.84. The van der Waals surface area contributed by atoms with E-state index in [1.807, 2.05) is 6.92 Å². The standard InChI is InChI=1S/C14H26N2O3/c1-11(10-13(18)16(2)8-9-17)15-14(19)12-6-4-3-5-7-12/h11-12,17H,3-10H2,1-2H3,(H,15,19). The second-order valence-electron chi connectivity index (χ2n) is 5.49. The van der Waals surface area contributed by atoms with Gasteiger partial charge in [0.15, 0.2) is 0 Å². The van der Waals surface area contributed by atoms with E-state index in [9.17, 15) is 9.59 Å². The lowest BCUT2D eigenvalue weighted by atomic mass is 9.88. The van der Waals surface area contributed by atoms with E-state index in [2.05, 4.69) is 5.32 Å². The third-order valence-electron chi connectivity index (χ3n) is 3.71. The smallest absolute Gasteiger partial charge is 0.224 e. The third-order valence-corrected chi connectivity index (χ3v) is 3.71. The quantitative estimate of drug-likeness (QED) is 0.754. The predicted molar refractivity (Wildman–Crippen MR) is 73.5 cm³/mol. The van der Waals surface area contributed by atoms with Crippen LogP contribution in [0.3, 0.4) is 0 Å². The summed E-state index contributed by atoms with van der Waals surface area (Å²) in [5.41, 5.74) is 0. The molecular weight excluding hydrogens is 244 g/mol. The second kappa shape index (κ2) is 8.15. The van der Waals surface area contributed by atoms with Gasteiger partial charge in [-0.1, -0.05) is 19.3 Å². The molecule has 0 saturated heterocycles. The number of rotatable bonds is 6. The molecule has 1 aliphatic rings. The Morgan fingerprint density at radius 3 is 2.53 bits per heavy atom. The van der Waals surface area contributed by atoms with Crippen LogP contribution in [-0.4, -0.2) is 48.1 Å². The van der Waals surface area contributed by atoms with Crippen LogP contribution in [0.2, 0.25) is 0 Å². The van der Waals surface area contributed by atoms with Crippen LogP contribution in [0.5, 0.6) is 0 Å². The molecule has 0 aromatic heterocycles. The van der Waals surface area contributed by atoms with E-state index in [0.717, 1.165) is 25.7 Å². The Bertz CT molecular complexity index is 301. The Balaban J connectivity index is 2.31. The molecule has 1 fully saturated rings. The monoisotopic (exact) mass is 270 g/mol. The van der Waals surface area contributed by atoms with E-state index in [1.165, 1.54) is 11.3 Å². The number of aliphatic hydroxyl groups excluding tert-OH is 1. The lowest BCUT2D eigenvalue weighted by Gasteiger charge is -2.24. The zero-order chi connectivity index (χ0) is 14.3. The van der Waals surface area contributed by atoms with Crippen molar-refractivity contribution in [2.45, 2.75) is 51.5 Å². The van der Waals surface area contributed by atoms with Crippen LogP contribution in [0.25, 0.3) is 0 Å². The van der Waals surface area contributed by atoms with E-state index in [4.69, 9.17) is 5.11 Å². The summed E-state index contributed by atoms with van der Waals surface area (Å²) in [6.45, 7) is 2.15. The van der Waals surface area contributed by atoms with Gasteiger partial charge in [0.05, 0.1) is 6.61 Å². The SMILES string of the molecule is CC(CC(=O)N(C)CCO)NC(=O)C1CCCCC1. The summed E-state index contributed by atoms with van der Waals surface area (Å²) >= 11 is 0. The third kappa shape index (κ3) is 5.59. The summed E-state index contributed by atoms with van der Waals surface area (Å²) in [5, 5.41) is 11.7. The largest absolute Gasteiger partial charge is 0.395 e. The lowest BCUT2D eigenvalue weighted by Crippen LogP contribution is -2.41. The fraction of sp³-hybridized carbons (Fsp3) is 0.857. The molecule has 1 atom stereocenters. The zero-order valence-electron chi connectivity index (χ0n) is 12.0. The number of likely N-dealkylation sites (N-methyl/N-ethyl adjacent to an activating group) is 1. The molecule has 1 rings (SSSR count). The highest BCUT2D eigenvalue weighted by Gasteiger charge is 2.23. The van der Waals surface area contributed by atoms with Gasteiger partial charge in [0.25, 0.3) is 0 Å². The van der Waals surface area contributed by atoms with Crippen molar-refractivity contribution in [1.29, 1.82) is 0 Å². The maximum Gasteiger partial charge on any atom is 0.224 e. The van der Waals surface area contributed by atoms with Crippen molar-refractivity contribution < 1.29 is 14.7 Å². The minimum Gasteiger partial charge on any atom is -0.395 e. The molecule has 0 spiro atoms. The van der Waals surface area contributed by atoms with Crippen LogP contribution < -0.4 is 5.32 Å². The van der Waals surface area contributed by atoms with Crippen molar-refractivity contribution in [1.82, 2.24) is 10.2 Å². The number of hydrogen-bond donors (Lipinski definition) is 2. The van der Waals surface area contributed by atoms with Gasteiger partial charge in [-0.15, -0.1) is 0 Å². The van der Waals surface area contributed by atoms with Crippen molar-refractivity contribution in [3.8, 4) is 0 Å². The first-order valence-corrected chi connectivity index (χ1v) is 7.19. The van der Waals surface area contributed by atoms with Crippen LogP contribution in [0, 0.1) is 5.92 Å². The first-order chi connectivity index (χ1) is 9.04. The predicted octanol–water partition coefficient (Wildman–Crippen LogP) is 0.912. The molecule has 1 saturated carbocycles. The maximum atomic E-state index is 12.0. The average molecular weight is 270 g/mol. The first kappa shape index (κ1) is 16.0. The molecule has 0 aliphatic heterocycles. The summed E-state index contributed by atoms with van der Waals surface area (Å²) in [6, 6.07) is -0.150. The van der Waals surface area contributed by atoms with Crippen LogP contribution in [-0.2, 0) is 9.59 Å². The zero-order valence-corrected chi connectivity index (χ0v) is 12.0. The Morgan fingerprint density at radius 2 is 1.95 bits per heavy atom. The van der Waals surface area contributed by atoms with Crippen molar-refractivity contribution in [2.75, 3.05) is 20.2 Å². The summed E-state index contributed by atoms with van der Waals surface area (Å²) in [7, 11) is 1.66.